The first-order valence-corrected chi connectivity index (χ1v) is 6.27. The molecule has 0 spiro atoms. The van der Waals surface area contributed by atoms with Gasteiger partial charge < -0.3 is 15.6 Å². The highest BCUT2D eigenvalue weighted by molar-refractivity contribution is 7.80. The summed E-state index contributed by atoms with van der Waals surface area (Å²) in [6, 6.07) is 3.55. The molecule has 1 aromatic carbocycles. The van der Waals surface area contributed by atoms with Gasteiger partial charge in [-0.2, -0.15) is 13.2 Å². The molecule has 0 unspecified atom stereocenters. The lowest BCUT2D eigenvalue weighted by Gasteiger charge is -2.14. The van der Waals surface area contributed by atoms with Crippen molar-refractivity contribution in [3.05, 3.63) is 41.5 Å². The maximum atomic E-state index is 12.8. The van der Waals surface area contributed by atoms with Gasteiger partial charge in [0.1, 0.15) is 11.3 Å². The molecular weight excluding hydrogens is 303 g/mol. The third-order valence-corrected chi connectivity index (χ3v) is 3.07. The van der Waals surface area contributed by atoms with Crippen molar-refractivity contribution in [1.29, 1.82) is 0 Å². The number of hydrogen-bond donors (Lipinski definition) is 2. The number of benzene rings is 1. The highest BCUT2D eigenvalue weighted by Gasteiger charge is 2.34. The highest BCUT2D eigenvalue weighted by atomic mass is 32.1. The van der Waals surface area contributed by atoms with Crippen LogP contribution in [0.4, 0.5) is 18.9 Å². The van der Waals surface area contributed by atoms with E-state index in [1.165, 1.54) is 18.5 Å². The van der Waals surface area contributed by atoms with E-state index in [1.54, 1.807) is 11.6 Å². The molecule has 0 aliphatic heterocycles. The molecule has 112 valence electrons. The molecule has 21 heavy (non-hydrogen) atoms. The Morgan fingerprint density at radius 2 is 2.14 bits per heavy atom. The Morgan fingerprint density at radius 1 is 1.43 bits per heavy atom. The van der Waals surface area contributed by atoms with E-state index in [9.17, 15) is 13.2 Å². The van der Waals surface area contributed by atoms with Gasteiger partial charge in [-0.3, -0.25) is 0 Å². The van der Waals surface area contributed by atoms with Crippen molar-refractivity contribution >= 4 is 22.9 Å². The van der Waals surface area contributed by atoms with E-state index in [0.717, 1.165) is 6.07 Å². The number of aryl methyl sites for hydroxylation is 1. The fourth-order valence-electron chi connectivity index (χ4n) is 1.75. The summed E-state index contributed by atoms with van der Waals surface area (Å²) >= 11 is 4.69. The van der Waals surface area contributed by atoms with Crippen LogP contribution in [-0.2, 0) is 19.8 Å². The molecule has 0 bridgehead atoms. The first-order valence-electron chi connectivity index (χ1n) is 5.87. The molecule has 0 atom stereocenters. The van der Waals surface area contributed by atoms with Crippen molar-refractivity contribution in [3.63, 3.8) is 0 Å². The van der Waals surface area contributed by atoms with E-state index in [-0.39, 0.29) is 10.6 Å². The second kappa shape index (κ2) is 5.68. The number of nitrogens with one attached hydrogen (secondary N) is 1. The highest BCUT2D eigenvalue weighted by Crippen LogP contribution is 2.33. The quantitative estimate of drug-likeness (QED) is 0.846. The summed E-state index contributed by atoms with van der Waals surface area (Å²) in [5.74, 6) is 0.645. The van der Waals surface area contributed by atoms with Gasteiger partial charge in [-0.05, 0) is 18.2 Å². The number of thiocarbonyl (C=S) groups is 1. The van der Waals surface area contributed by atoms with Crippen LogP contribution < -0.4 is 11.1 Å². The molecule has 1 aromatic heterocycles. The van der Waals surface area contributed by atoms with E-state index in [0.29, 0.717) is 18.1 Å². The summed E-state index contributed by atoms with van der Waals surface area (Å²) < 4.78 is 40.2. The Kier molecular flexibility index (Phi) is 4.12. The van der Waals surface area contributed by atoms with E-state index in [4.69, 9.17) is 5.73 Å². The zero-order chi connectivity index (χ0) is 15.6. The number of hydrogen-bond acceptors (Lipinski definition) is 4. The van der Waals surface area contributed by atoms with Crippen LogP contribution >= 0.6 is 12.2 Å². The maximum absolute atomic E-state index is 12.8. The van der Waals surface area contributed by atoms with E-state index >= 15 is 0 Å². The predicted octanol–water partition coefficient (Wildman–Crippen LogP) is 2.08. The SMILES string of the molecule is Cn1cnnc1CNc1ccc(C(F)(F)F)c(C(N)=S)c1. The summed E-state index contributed by atoms with van der Waals surface area (Å²) in [5, 5.41) is 10.5. The van der Waals surface area contributed by atoms with Crippen molar-refractivity contribution in [2.45, 2.75) is 12.7 Å². The summed E-state index contributed by atoms with van der Waals surface area (Å²) in [4.78, 5) is -0.301. The Labute approximate surface area is 124 Å². The van der Waals surface area contributed by atoms with Gasteiger partial charge in [0.2, 0.25) is 0 Å². The number of aromatic nitrogens is 3. The molecule has 2 aromatic rings. The first kappa shape index (κ1) is 15.2. The fraction of sp³-hybridized carbons (Fsp3) is 0.250. The second-order valence-electron chi connectivity index (χ2n) is 4.33. The zero-order valence-corrected chi connectivity index (χ0v) is 11.8. The van der Waals surface area contributed by atoms with Crippen LogP contribution in [0.2, 0.25) is 0 Å². The average molecular weight is 315 g/mol. The van der Waals surface area contributed by atoms with E-state index in [2.05, 4.69) is 27.7 Å². The Hall–Kier alpha value is -2.16. The lowest BCUT2D eigenvalue weighted by Crippen LogP contribution is -2.18. The summed E-state index contributed by atoms with van der Waals surface area (Å²) in [6.45, 7) is 0.318. The number of rotatable bonds is 4. The molecule has 9 heteroatoms. The molecule has 2 rings (SSSR count). The maximum Gasteiger partial charge on any atom is 0.417 e. The van der Waals surface area contributed by atoms with Gasteiger partial charge in [-0.1, -0.05) is 12.2 Å². The number of anilines is 1. The van der Waals surface area contributed by atoms with Gasteiger partial charge in [0.05, 0.1) is 12.1 Å². The van der Waals surface area contributed by atoms with E-state index < -0.39 is 11.7 Å². The summed E-state index contributed by atoms with van der Waals surface area (Å²) in [5.41, 5.74) is 4.78. The summed E-state index contributed by atoms with van der Waals surface area (Å²) in [7, 11) is 1.77. The minimum Gasteiger partial charge on any atom is -0.389 e. The van der Waals surface area contributed by atoms with Gasteiger partial charge >= 0.3 is 6.18 Å². The minimum atomic E-state index is -4.50. The van der Waals surface area contributed by atoms with Crippen LogP contribution in [0.15, 0.2) is 24.5 Å². The molecule has 1 heterocycles. The van der Waals surface area contributed by atoms with Gasteiger partial charge in [-0.25, -0.2) is 0 Å². The second-order valence-corrected chi connectivity index (χ2v) is 4.77. The molecule has 5 nitrogen and oxygen atoms in total. The number of alkyl halides is 3. The molecule has 0 amide bonds. The van der Waals surface area contributed by atoms with Crippen molar-refractivity contribution in [3.8, 4) is 0 Å². The standard InChI is InChI=1S/C12H12F3N5S/c1-20-6-18-19-10(20)5-17-7-2-3-9(12(13,14)15)8(4-7)11(16)21/h2-4,6,17H,5H2,1H3,(H2,16,21). The number of halogens is 3. The van der Waals surface area contributed by atoms with Crippen molar-refractivity contribution < 1.29 is 13.2 Å². The fourth-order valence-corrected chi connectivity index (χ4v) is 1.92. The Morgan fingerprint density at radius 3 is 2.67 bits per heavy atom. The minimum absolute atomic E-state index is 0.208. The predicted molar refractivity (Wildman–Crippen MR) is 75.7 cm³/mol. The van der Waals surface area contributed by atoms with Crippen molar-refractivity contribution in [1.82, 2.24) is 14.8 Å². The van der Waals surface area contributed by atoms with Crippen LogP contribution in [0.1, 0.15) is 17.0 Å². The molecule has 3 N–H and O–H groups in total. The topological polar surface area (TPSA) is 68.8 Å². The van der Waals surface area contributed by atoms with Crippen molar-refractivity contribution in [2.75, 3.05) is 5.32 Å². The van der Waals surface area contributed by atoms with Gasteiger partial charge in [-0.15, -0.1) is 10.2 Å². The third-order valence-electron chi connectivity index (χ3n) is 2.85. The van der Waals surface area contributed by atoms with E-state index in [1.807, 2.05) is 0 Å². The lowest BCUT2D eigenvalue weighted by atomic mass is 10.1. The van der Waals surface area contributed by atoms with Crippen LogP contribution in [0.25, 0.3) is 0 Å². The van der Waals surface area contributed by atoms with Crippen LogP contribution in [0.3, 0.4) is 0 Å². The van der Waals surface area contributed by atoms with Crippen LogP contribution in [-0.4, -0.2) is 19.8 Å². The smallest absolute Gasteiger partial charge is 0.389 e. The Bertz CT molecular complexity index is 665. The summed E-state index contributed by atoms with van der Waals surface area (Å²) in [6.07, 6.45) is -2.97. The van der Waals surface area contributed by atoms with Crippen LogP contribution in [0.5, 0.6) is 0 Å². The molecule has 0 fully saturated rings. The average Bonchev–Trinajstić information content (AvgIpc) is 2.80. The van der Waals surface area contributed by atoms with Gasteiger partial charge in [0.15, 0.2) is 5.82 Å². The molecular formula is C12H12F3N5S. The largest absolute Gasteiger partial charge is 0.417 e. The van der Waals surface area contributed by atoms with Gasteiger partial charge in [0, 0.05) is 18.3 Å². The zero-order valence-electron chi connectivity index (χ0n) is 11.0. The first-order chi connectivity index (χ1) is 9.79. The van der Waals surface area contributed by atoms with Crippen LogP contribution in [0, 0.1) is 0 Å². The molecule has 0 aliphatic carbocycles. The molecule has 0 aliphatic rings. The third kappa shape index (κ3) is 3.48. The Balaban J connectivity index is 2.24. The monoisotopic (exact) mass is 315 g/mol. The van der Waals surface area contributed by atoms with Gasteiger partial charge in [0.25, 0.3) is 0 Å². The molecule has 0 radical (unpaired) electrons. The normalized spacial score (nSPS) is 11.4. The van der Waals surface area contributed by atoms with Crippen molar-refractivity contribution in [2.24, 2.45) is 12.8 Å². The lowest BCUT2D eigenvalue weighted by molar-refractivity contribution is -0.137. The number of nitrogens with two attached hydrogens (primary N) is 1. The molecule has 0 saturated carbocycles. The number of nitrogens with zero attached hydrogens (tertiary/aromatic N) is 3. The molecule has 0 saturated heterocycles.